The van der Waals surface area contributed by atoms with Crippen molar-refractivity contribution in [2.75, 3.05) is 5.32 Å². The third-order valence-electron chi connectivity index (χ3n) is 2.75. The van der Waals surface area contributed by atoms with Crippen molar-refractivity contribution < 1.29 is 0 Å². The van der Waals surface area contributed by atoms with Gasteiger partial charge < -0.3 is 5.32 Å². The zero-order chi connectivity index (χ0) is 13.0. The number of nitrogens with zero attached hydrogens (tertiary/aromatic N) is 3. The number of hydrogen-bond acceptors (Lipinski definition) is 3. The molecule has 0 fully saturated rings. The minimum absolute atomic E-state index is 0.652. The minimum atomic E-state index is 0.652. The molecule has 1 aromatic heterocycles. The highest BCUT2D eigenvalue weighted by Crippen LogP contribution is 2.20. The average molecular weight is 265 g/mol. The molecule has 0 amide bonds. The van der Waals surface area contributed by atoms with Crippen LogP contribution in [0.2, 0.25) is 5.02 Å². The van der Waals surface area contributed by atoms with Crippen molar-refractivity contribution in [3.63, 3.8) is 0 Å². The van der Waals surface area contributed by atoms with E-state index >= 15 is 0 Å². The molecule has 1 aromatic carbocycles. The Hall–Kier alpha value is -1.55. The molecule has 0 aliphatic heterocycles. The quantitative estimate of drug-likeness (QED) is 0.901. The van der Waals surface area contributed by atoms with Crippen molar-refractivity contribution in [2.45, 2.75) is 33.4 Å². The van der Waals surface area contributed by atoms with Gasteiger partial charge in [0, 0.05) is 17.3 Å². The maximum absolute atomic E-state index is 6.08. The third-order valence-corrected chi connectivity index (χ3v) is 3.16. The molecule has 0 spiro atoms. The molecule has 2 rings (SSSR count). The van der Waals surface area contributed by atoms with Gasteiger partial charge in [-0.2, -0.15) is 5.10 Å². The number of rotatable bonds is 5. The van der Waals surface area contributed by atoms with Crippen LogP contribution in [0.5, 0.6) is 0 Å². The number of aryl methyl sites for hydroxylation is 2. The lowest BCUT2D eigenvalue weighted by molar-refractivity contribution is 0.574. The highest BCUT2D eigenvalue weighted by Gasteiger charge is 2.03. The van der Waals surface area contributed by atoms with Crippen molar-refractivity contribution in [3.8, 4) is 0 Å². The highest BCUT2D eigenvalue weighted by molar-refractivity contribution is 6.31. The van der Waals surface area contributed by atoms with Crippen LogP contribution in [0.1, 0.15) is 24.7 Å². The number of benzene rings is 1. The normalized spacial score (nSPS) is 10.6. The van der Waals surface area contributed by atoms with Crippen molar-refractivity contribution in [1.29, 1.82) is 0 Å². The van der Waals surface area contributed by atoms with Crippen LogP contribution >= 0.6 is 11.6 Å². The second kappa shape index (κ2) is 5.87. The Morgan fingerprint density at radius 3 is 2.94 bits per heavy atom. The van der Waals surface area contributed by atoms with Gasteiger partial charge in [-0.25, -0.2) is 9.67 Å². The molecule has 0 atom stereocenters. The van der Waals surface area contributed by atoms with Crippen LogP contribution in [0.15, 0.2) is 24.5 Å². The van der Waals surface area contributed by atoms with E-state index in [1.54, 1.807) is 6.33 Å². The number of hydrogen-bond donors (Lipinski definition) is 1. The molecule has 5 heteroatoms. The summed E-state index contributed by atoms with van der Waals surface area (Å²) in [6.07, 6.45) is 2.64. The first kappa shape index (κ1) is 12.9. The van der Waals surface area contributed by atoms with E-state index in [-0.39, 0.29) is 0 Å². The molecule has 0 saturated heterocycles. The van der Waals surface area contributed by atoms with Crippen LogP contribution in [-0.4, -0.2) is 14.8 Å². The first-order valence-corrected chi connectivity index (χ1v) is 6.45. The third kappa shape index (κ3) is 3.01. The summed E-state index contributed by atoms with van der Waals surface area (Å²) in [4.78, 5) is 4.25. The summed E-state index contributed by atoms with van der Waals surface area (Å²) < 4.78 is 1.92. The summed E-state index contributed by atoms with van der Waals surface area (Å²) in [5.41, 5.74) is 2.08. The smallest absolute Gasteiger partial charge is 0.146 e. The lowest BCUT2D eigenvalue weighted by atomic mass is 10.2. The molecule has 18 heavy (non-hydrogen) atoms. The molecule has 0 saturated carbocycles. The van der Waals surface area contributed by atoms with Crippen LogP contribution in [-0.2, 0) is 13.1 Å². The molecule has 96 valence electrons. The fraction of sp³-hybridized carbons (Fsp3) is 0.385. The molecule has 1 N–H and O–H groups in total. The Bertz CT molecular complexity index is 521. The summed E-state index contributed by atoms with van der Waals surface area (Å²) in [6, 6.07) is 5.95. The molecule has 4 nitrogen and oxygen atoms in total. The van der Waals surface area contributed by atoms with Gasteiger partial charge >= 0.3 is 0 Å². The minimum Gasteiger partial charge on any atom is -0.378 e. The van der Waals surface area contributed by atoms with Gasteiger partial charge in [-0.05, 0) is 31.0 Å². The van der Waals surface area contributed by atoms with Gasteiger partial charge in [-0.3, -0.25) is 0 Å². The summed E-state index contributed by atoms with van der Waals surface area (Å²) in [7, 11) is 0. The van der Waals surface area contributed by atoms with Gasteiger partial charge in [0.05, 0.1) is 6.54 Å². The highest BCUT2D eigenvalue weighted by atomic mass is 35.5. The molecule has 0 radical (unpaired) electrons. The van der Waals surface area contributed by atoms with E-state index in [9.17, 15) is 0 Å². The predicted octanol–water partition coefficient (Wildman–Crippen LogP) is 3.26. The van der Waals surface area contributed by atoms with Gasteiger partial charge in [0.2, 0.25) is 0 Å². The lowest BCUT2D eigenvalue weighted by Gasteiger charge is -2.08. The maximum atomic E-state index is 6.08. The molecule has 1 heterocycles. The summed E-state index contributed by atoms with van der Waals surface area (Å²) in [6.45, 7) is 5.66. The summed E-state index contributed by atoms with van der Waals surface area (Å²) in [5.74, 6) is 0.938. The van der Waals surface area contributed by atoms with Crippen LogP contribution in [0.4, 0.5) is 5.69 Å². The largest absolute Gasteiger partial charge is 0.378 e. The van der Waals surface area contributed by atoms with Gasteiger partial charge in [0.25, 0.3) is 0 Å². The molecule has 2 aromatic rings. The Balaban J connectivity index is 2.02. The Morgan fingerprint density at radius 2 is 2.22 bits per heavy atom. The lowest BCUT2D eigenvalue weighted by Crippen LogP contribution is -2.10. The average Bonchev–Trinajstić information content (AvgIpc) is 2.79. The second-order valence-electron chi connectivity index (χ2n) is 4.22. The van der Waals surface area contributed by atoms with Gasteiger partial charge in [0.1, 0.15) is 12.2 Å². The van der Waals surface area contributed by atoms with E-state index in [4.69, 9.17) is 11.6 Å². The molecular formula is C13H17ClN4. The van der Waals surface area contributed by atoms with Crippen molar-refractivity contribution in [2.24, 2.45) is 0 Å². The molecule has 0 aliphatic rings. The zero-order valence-corrected chi connectivity index (χ0v) is 11.4. The molecular weight excluding hydrogens is 248 g/mol. The van der Waals surface area contributed by atoms with Gasteiger partial charge in [0.15, 0.2) is 0 Å². The Labute approximate surface area is 112 Å². The fourth-order valence-electron chi connectivity index (χ4n) is 1.71. The van der Waals surface area contributed by atoms with E-state index in [1.807, 2.05) is 29.8 Å². The second-order valence-corrected chi connectivity index (χ2v) is 4.62. The van der Waals surface area contributed by atoms with E-state index in [2.05, 4.69) is 22.3 Å². The van der Waals surface area contributed by atoms with Gasteiger partial charge in [-0.15, -0.1) is 0 Å². The maximum Gasteiger partial charge on any atom is 0.146 e. The molecule has 0 bridgehead atoms. The first-order valence-electron chi connectivity index (χ1n) is 6.07. The Morgan fingerprint density at radius 1 is 1.39 bits per heavy atom. The standard InChI is InChI=1S/C13H17ClN4/c1-3-6-18-13(16-9-17-18)8-15-11-5-4-10(2)12(14)7-11/h4-5,7,9,15H,3,6,8H2,1-2H3. The van der Waals surface area contributed by atoms with Crippen molar-refractivity contribution in [1.82, 2.24) is 14.8 Å². The van der Waals surface area contributed by atoms with Crippen LogP contribution < -0.4 is 5.32 Å². The first-order chi connectivity index (χ1) is 8.70. The number of aromatic nitrogens is 3. The number of anilines is 1. The van der Waals surface area contributed by atoms with Crippen LogP contribution in [0, 0.1) is 6.92 Å². The van der Waals surface area contributed by atoms with Gasteiger partial charge in [-0.1, -0.05) is 24.6 Å². The van der Waals surface area contributed by atoms with Crippen LogP contribution in [0.25, 0.3) is 0 Å². The Kier molecular flexibility index (Phi) is 4.20. The SMILES string of the molecule is CCCn1ncnc1CNc1ccc(C)c(Cl)c1. The summed E-state index contributed by atoms with van der Waals surface area (Å²) >= 11 is 6.08. The van der Waals surface area contributed by atoms with E-state index < -0.39 is 0 Å². The topological polar surface area (TPSA) is 42.7 Å². The number of nitrogens with one attached hydrogen (secondary N) is 1. The molecule has 0 aliphatic carbocycles. The summed E-state index contributed by atoms with van der Waals surface area (Å²) in [5, 5.41) is 8.27. The molecule has 0 unspecified atom stereocenters. The van der Waals surface area contributed by atoms with E-state index in [0.717, 1.165) is 35.1 Å². The monoisotopic (exact) mass is 264 g/mol. The number of halogens is 1. The fourth-order valence-corrected chi connectivity index (χ4v) is 1.89. The predicted molar refractivity (Wildman–Crippen MR) is 73.8 cm³/mol. The van der Waals surface area contributed by atoms with E-state index in [1.165, 1.54) is 0 Å². The van der Waals surface area contributed by atoms with Crippen LogP contribution in [0.3, 0.4) is 0 Å². The van der Waals surface area contributed by atoms with Crippen molar-refractivity contribution in [3.05, 3.63) is 40.9 Å². The van der Waals surface area contributed by atoms with E-state index in [0.29, 0.717) is 6.54 Å². The van der Waals surface area contributed by atoms with Crippen molar-refractivity contribution >= 4 is 17.3 Å². The zero-order valence-electron chi connectivity index (χ0n) is 10.7.